The Morgan fingerprint density at radius 1 is 0.756 bits per heavy atom. The maximum absolute atomic E-state index is 13.7. The first-order valence-corrected chi connectivity index (χ1v) is 12.8. The highest BCUT2D eigenvalue weighted by molar-refractivity contribution is 9.10. The molecular weight excluding hydrogens is 635 g/mol. The minimum atomic E-state index is -5.08. The Labute approximate surface area is 238 Å². The van der Waals surface area contributed by atoms with E-state index in [1.165, 1.54) is 30.5 Å². The quantitative estimate of drug-likeness (QED) is 0.207. The van der Waals surface area contributed by atoms with Crippen molar-refractivity contribution in [1.82, 2.24) is 9.97 Å². The van der Waals surface area contributed by atoms with E-state index in [0.29, 0.717) is 35.4 Å². The van der Waals surface area contributed by atoms with Gasteiger partial charge < -0.3 is 14.5 Å². The van der Waals surface area contributed by atoms with Crippen molar-refractivity contribution in [2.75, 3.05) is 36.6 Å². The summed E-state index contributed by atoms with van der Waals surface area (Å²) >= 11 is 3.15. The lowest BCUT2D eigenvalue weighted by atomic mass is 10.0. The molecule has 15 heteroatoms. The largest absolute Gasteiger partial charge is 0.416 e. The third-order valence-electron chi connectivity index (χ3n) is 5.97. The number of benzene rings is 2. The Kier molecular flexibility index (Phi) is 10.2. The lowest BCUT2D eigenvalue weighted by molar-refractivity contribution is -0.143. The minimum absolute atomic E-state index is 0.00377. The summed E-state index contributed by atoms with van der Waals surface area (Å²) in [5.41, 5.74) is -3.92. The molecular formula is C26H24BrF9N4O. The van der Waals surface area contributed by atoms with E-state index in [1.807, 2.05) is 0 Å². The van der Waals surface area contributed by atoms with Gasteiger partial charge in [0.1, 0.15) is 0 Å². The molecule has 0 aliphatic heterocycles. The maximum Gasteiger partial charge on any atom is 0.416 e. The van der Waals surface area contributed by atoms with Crippen LogP contribution >= 0.6 is 15.9 Å². The number of alkyl halides is 9. The van der Waals surface area contributed by atoms with Crippen LogP contribution in [0.3, 0.4) is 0 Å². The van der Waals surface area contributed by atoms with Crippen LogP contribution in [0.4, 0.5) is 51.1 Å². The number of hydrogen-bond donors (Lipinski definition) is 0. The van der Waals surface area contributed by atoms with E-state index in [4.69, 9.17) is 4.74 Å². The zero-order chi connectivity index (χ0) is 30.6. The van der Waals surface area contributed by atoms with Crippen LogP contribution in [-0.4, -0.2) is 36.8 Å². The average molecular weight is 659 g/mol. The lowest BCUT2D eigenvalue weighted by Gasteiger charge is -2.30. The van der Waals surface area contributed by atoms with Crippen LogP contribution in [0.15, 0.2) is 53.3 Å². The van der Waals surface area contributed by atoms with Crippen molar-refractivity contribution in [3.63, 3.8) is 0 Å². The number of rotatable bonds is 10. The third kappa shape index (κ3) is 8.71. The average Bonchev–Trinajstić information content (AvgIpc) is 2.88. The Hall–Kier alpha value is -3.07. The summed E-state index contributed by atoms with van der Waals surface area (Å²) in [5.74, 6) is -0.123. The molecule has 224 valence electrons. The van der Waals surface area contributed by atoms with Crippen molar-refractivity contribution in [1.29, 1.82) is 0 Å². The molecule has 0 amide bonds. The monoisotopic (exact) mass is 658 g/mol. The Bertz CT molecular complexity index is 1280. The molecule has 0 N–H and O–H groups in total. The molecule has 0 aliphatic carbocycles. The number of likely N-dealkylation sites (N-methyl/N-ethyl adjacent to an activating group) is 1. The Morgan fingerprint density at radius 2 is 1.32 bits per heavy atom. The number of methoxy groups -OCH3 is 1. The fraction of sp³-hybridized carbons (Fsp3) is 0.385. The van der Waals surface area contributed by atoms with Crippen LogP contribution in [0, 0.1) is 0 Å². The van der Waals surface area contributed by atoms with Crippen molar-refractivity contribution in [2.24, 2.45) is 0 Å². The molecule has 1 aromatic heterocycles. The lowest BCUT2D eigenvalue weighted by Crippen LogP contribution is -2.30. The van der Waals surface area contributed by atoms with E-state index in [1.54, 1.807) is 11.8 Å². The van der Waals surface area contributed by atoms with Crippen molar-refractivity contribution >= 4 is 27.6 Å². The second-order valence-corrected chi connectivity index (χ2v) is 9.80. The van der Waals surface area contributed by atoms with Gasteiger partial charge in [0.25, 0.3) is 0 Å². The summed E-state index contributed by atoms with van der Waals surface area (Å²) < 4.78 is 127. The van der Waals surface area contributed by atoms with Gasteiger partial charge in [0.05, 0.1) is 27.8 Å². The standard InChI is InChI=1S/C26H24BrF9N4O/c1-3-39(6-7-41-2)22-5-4-18(24(28,29)30)10-17(22)15-40(23-37-12-21(27)13-38-23)14-16-8-19(25(31,32)33)11-20(9-16)26(34,35)36/h4-5,8-13H,3,6-7,14-15H2,1-2H3. The minimum Gasteiger partial charge on any atom is -0.383 e. The summed E-state index contributed by atoms with van der Waals surface area (Å²) in [4.78, 5) is 11.1. The summed E-state index contributed by atoms with van der Waals surface area (Å²) in [6.07, 6.45) is -12.3. The zero-order valence-electron chi connectivity index (χ0n) is 21.6. The van der Waals surface area contributed by atoms with Gasteiger partial charge in [-0.2, -0.15) is 39.5 Å². The topological polar surface area (TPSA) is 41.5 Å². The number of halogens is 10. The van der Waals surface area contributed by atoms with Crippen molar-refractivity contribution in [3.05, 3.63) is 81.1 Å². The molecule has 0 saturated carbocycles. The Balaban J connectivity index is 2.16. The molecule has 5 nitrogen and oxygen atoms in total. The van der Waals surface area contributed by atoms with Crippen molar-refractivity contribution in [2.45, 2.75) is 38.5 Å². The highest BCUT2D eigenvalue weighted by atomic mass is 79.9. The van der Waals surface area contributed by atoms with Crippen LogP contribution in [0.1, 0.15) is 34.7 Å². The van der Waals surface area contributed by atoms with Crippen LogP contribution in [0.25, 0.3) is 0 Å². The molecule has 3 rings (SSSR count). The fourth-order valence-electron chi connectivity index (χ4n) is 4.05. The van der Waals surface area contributed by atoms with Crippen LogP contribution in [-0.2, 0) is 36.4 Å². The first kappa shape index (κ1) is 32.4. The van der Waals surface area contributed by atoms with Gasteiger partial charge in [-0.25, -0.2) is 9.97 Å². The second kappa shape index (κ2) is 12.8. The number of aromatic nitrogens is 2. The maximum atomic E-state index is 13.7. The van der Waals surface area contributed by atoms with E-state index >= 15 is 0 Å². The molecule has 1 heterocycles. The van der Waals surface area contributed by atoms with E-state index in [2.05, 4.69) is 25.9 Å². The molecule has 0 radical (unpaired) electrons. The number of nitrogens with zero attached hydrogens (tertiary/aromatic N) is 4. The van der Waals surface area contributed by atoms with Gasteiger partial charge in [-0.3, -0.25) is 0 Å². The molecule has 41 heavy (non-hydrogen) atoms. The number of anilines is 2. The van der Waals surface area contributed by atoms with Crippen LogP contribution in [0.2, 0.25) is 0 Å². The van der Waals surface area contributed by atoms with Gasteiger partial charge in [0, 0.05) is 51.4 Å². The van der Waals surface area contributed by atoms with Gasteiger partial charge in [0.2, 0.25) is 5.95 Å². The molecule has 0 atom stereocenters. The van der Waals surface area contributed by atoms with Gasteiger partial charge >= 0.3 is 18.5 Å². The van der Waals surface area contributed by atoms with Crippen molar-refractivity contribution < 1.29 is 44.3 Å². The molecule has 0 aliphatic rings. The SMILES string of the molecule is CCN(CCOC)c1ccc(C(F)(F)F)cc1CN(Cc1cc(C(F)(F)F)cc(C(F)(F)F)c1)c1ncc(Br)cn1. The van der Waals surface area contributed by atoms with Gasteiger partial charge in [-0.1, -0.05) is 0 Å². The van der Waals surface area contributed by atoms with Gasteiger partial charge in [-0.05, 0) is 70.4 Å². The van der Waals surface area contributed by atoms with Gasteiger partial charge in [0.15, 0.2) is 0 Å². The predicted molar refractivity (Wildman–Crippen MR) is 137 cm³/mol. The molecule has 0 fully saturated rings. The molecule has 0 spiro atoms. The van der Waals surface area contributed by atoms with Crippen LogP contribution in [0.5, 0.6) is 0 Å². The van der Waals surface area contributed by atoms with Crippen molar-refractivity contribution in [3.8, 4) is 0 Å². The Morgan fingerprint density at radius 3 is 1.80 bits per heavy atom. The smallest absolute Gasteiger partial charge is 0.383 e. The van der Waals surface area contributed by atoms with E-state index in [9.17, 15) is 39.5 Å². The molecule has 0 bridgehead atoms. The summed E-state index contributed by atoms with van der Waals surface area (Å²) in [5, 5.41) is 0. The third-order valence-corrected chi connectivity index (χ3v) is 6.38. The highest BCUT2D eigenvalue weighted by Gasteiger charge is 2.37. The summed E-state index contributed by atoms with van der Waals surface area (Å²) in [7, 11) is 1.46. The molecule has 2 aromatic carbocycles. The van der Waals surface area contributed by atoms with E-state index in [-0.39, 0.29) is 36.3 Å². The first-order valence-electron chi connectivity index (χ1n) is 12.0. The van der Waals surface area contributed by atoms with Crippen LogP contribution < -0.4 is 9.80 Å². The zero-order valence-corrected chi connectivity index (χ0v) is 23.2. The van der Waals surface area contributed by atoms with E-state index < -0.39 is 41.8 Å². The summed E-state index contributed by atoms with van der Waals surface area (Å²) in [6, 6.07) is 4.19. The fourth-order valence-corrected chi connectivity index (χ4v) is 4.25. The van der Waals surface area contributed by atoms with E-state index in [0.717, 1.165) is 12.1 Å². The van der Waals surface area contributed by atoms with Gasteiger partial charge in [-0.15, -0.1) is 0 Å². The highest BCUT2D eigenvalue weighted by Crippen LogP contribution is 2.38. The number of hydrogen-bond acceptors (Lipinski definition) is 5. The molecule has 0 saturated heterocycles. The second-order valence-electron chi connectivity index (χ2n) is 8.89. The summed E-state index contributed by atoms with van der Waals surface area (Å²) in [6.45, 7) is 1.75. The number of ether oxygens (including phenoxy) is 1. The first-order chi connectivity index (χ1) is 19.0. The predicted octanol–water partition coefficient (Wildman–Crippen LogP) is 7.98. The molecule has 0 unspecified atom stereocenters. The molecule has 3 aromatic rings. The normalized spacial score (nSPS) is 12.5.